The number of halogens is 1. The molecule has 9 heavy (non-hydrogen) atoms. The monoisotopic (exact) mass is 147 g/mol. The largest absolute Gasteiger partial charge is 0.384 e. The van der Waals surface area contributed by atoms with Crippen LogP contribution in [0.25, 0.3) is 0 Å². The Morgan fingerprint density at radius 1 is 1.78 bits per heavy atom. The molecule has 0 aromatic carbocycles. The fourth-order valence-electron chi connectivity index (χ4n) is 0.603. The molecular formula is C5H10ClN3. The third-order valence-corrected chi connectivity index (χ3v) is 1.13. The minimum Gasteiger partial charge on any atom is -0.384 e. The van der Waals surface area contributed by atoms with Gasteiger partial charge in [-0.15, -0.1) is 12.4 Å². The minimum atomic E-state index is 0. The molecule has 0 aliphatic carbocycles. The molecule has 0 aliphatic heterocycles. The number of hydrogen-bond donors (Lipinski definition) is 2. The van der Waals surface area contributed by atoms with Crippen molar-refractivity contribution < 1.29 is 0 Å². The van der Waals surface area contributed by atoms with Crippen LogP contribution in [-0.2, 0) is 6.42 Å². The molecule has 0 unspecified atom stereocenters. The molecule has 3 N–H and O–H groups in total. The quantitative estimate of drug-likeness (QED) is 0.622. The molecule has 1 aromatic heterocycles. The van der Waals surface area contributed by atoms with Gasteiger partial charge in [-0.05, 0) is 6.42 Å². The second-order valence-corrected chi connectivity index (χ2v) is 1.66. The highest BCUT2D eigenvalue weighted by Crippen LogP contribution is 2.04. The molecular weight excluding hydrogens is 138 g/mol. The van der Waals surface area contributed by atoms with Gasteiger partial charge in [0.15, 0.2) is 0 Å². The fraction of sp³-hybridized carbons (Fsp3) is 0.400. The molecule has 52 valence electrons. The maximum atomic E-state index is 5.43. The lowest BCUT2D eigenvalue weighted by Crippen LogP contribution is -1.88. The van der Waals surface area contributed by atoms with Crippen molar-refractivity contribution in [3.8, 4) is 0 Å². The maximum Gasteiger partial charge on any atom is 0.121 e. The number of aromatic nitrogens is 2. The molecule has 0 saturated heterocycles. The maximum absolute atomic E-state index is 5.43. The van der Waals surface area contributed by atoms with Gasteiger partial charge < -0.3 is 5.73 Å². The summed E-state index contributed by atoms with van der Waals surface area (Å²) in [5.74, 6) is 0.688. The molecule has 0 bridgehead atoms. The van der Waals surface area contributed by atoms with Crippen molar-refractivity contribution in [2.45, 2.75) is 13.3 Å². The summed E-state index contributed by atoms with van der Waals surface area (Å²) < 4.78 is 0. The van der Waals surface area contributed by atoms with Crippen molar-refractivity contribution in [3.05, 3.63) is 11.8 Å². The number of nitrogens with one attached hydrogen (secondary N) is 1. The van der Waals surface area contributed by atoms with E-state index in [0.717, 1.165) is 12.0 Å². The molecule has 1 heterocycles. The Morgan fingerprint density at radius 3 is 2.67 bits per heavy atom. The van der Waals surface area contributed by atoms with Gasteiger partial charge in [-0.2, -0.15) is 5.10 Å². The molecule has 1 aromatic rings. The highest BCUT2D eigenvalue weighted by molar-refractivity contribution is 5.85. The Balaban J connectivity index is 0.000000640. The molecule has 1 rings (SSSR count). The number of aromatic amines is 1. The lowest BCUT2D eigenvalue weighted by Gasteiger charge is -1.86. The van der Waals surface area contributed by atoms with Crippen LogP contribution in [-0.4, -0.2) is 10.2 Å². The van der Waals surface area contributed by atoms with Gasteiger partial charge in [0, 0.05) is 5.56 Å². The Labute approximate surface area is 60.1 Å². The molecule has 3 nitrogen and oxygen atoms in total. The van der Waals surface area contributed by atoms with Crippen LogP contribution in [0.15, 0.2) is 6.20 Å². The normalized spacial score (nSPS) is 8.56. The van der Waals surface area contributed by atoms with Crippen LogP contribution in [0.1, 0.15) is 12.5 Å². The van der Waals surface area contributed by atoms with Crippen LogP contribution in [0.4, 0.5) is 5.82 Å². The summed E-state index contributed by atoms with van der Waals surface area (Å²) in [7, 11) is 0. The van der Waals surface area contributed by atoms with Gasteiger partial charge in [-0.3, -0.25) is 5.10 Å². The molecule has 0 fully saturated rings. The molecule has 0 spiro atoms. The van der Waals surface area contributed by atoms with E-state index in [0.29, 0.717) is 5.82 Å². The van der Waals surface area contributed by atoms with Crippen molar-refractivity contribution in [2.75, 3.05) is 5.73 Å². The van der Waals surface area contributed by atoms with E-state index in [1.54, 1.807) is 6.20 Å². The van der Waals surface area contributed by atoms with E-state index in [4.69, 9.17) is 5.73 Å². The zero-order chi connectivity index (χ0) is 5.98. The van der Waals surface area contributed by atoms with Crippen LogP contribution in [0, 0.1) is 0 Å². The lowest BCUT2D eigenvalue weighted by molar-refractivity contribution is 1.10. The number of hydrogen-bond acceptors (Lipinski definition) is 2. The van der Waals surface area contributed by atoms with E-state index in [9.17, 15) is 0 Å². The third-order valence-electron chi connectivity index (χ3n) is 1.13. The van der Waals surface area contributed by atoms with Crippen LogP contribution in [0.2, 0.25) is 0 Å². The van der Waals surface area contributed by atoms with E-state index in [-0.39, 0.29) is 12.4 Å². The fourth-order valence-corrected chi connectivity index (χ4v) is 0.603. The lowest BCUT2D eigenvalue weighted by atomic mass is 10.3. The second kappa shape index (κ2) is 3.35. The summed E-state index contributed by atoms with van der Waals surface area (Å²) in [6, 6.07) is 0. The van der Waals surface area contributed by atoms with Crippen molar-refractivity contribution in [1.82, 2.24) is 10.2 Å². The van der Waals surface area contributed by atoms with Crippen molar-refractivity contribution >= 4 is 18.2 Å². The first-order valence-electron chi connectivity index (χ1n) is 2.62. The van der Waals surface area contributed by atoms with Gasteiger partial charge in [0.2, 0.25) is 0 Å². The highest BCUT2D eigenvalue weighted by Gasteiger charge is 1.93. The summed E-state index contributed by atoms with van der Waals surface area (Å²) in [4.78, 5) is 0. The van der Waals surface area contributed by atoms with E-state index in [1.165, 1.54) is 0 Å². The summed E-state index contributed by atoms with van der Waals surface area (Å²) >= 11 is 0. The Kier molecular flexibility index (Phi) is 3.09. The second-order valence-electron chi connectivity index (χ2n) is 1.66. The Hall–Kier alpha value is -0.700. The van der Waals surface area contributed by atoms with Gasteiger partial charge in [0.1, 0.15) is 5.82 Å². The van der Waals surface area contributed by atoms with E-state index in [2.05, 4.69) is 10.2 Å². The van der Waals surface area contributed by atoms with Gasteiger partial charge >= 0.3 is 0 Å². The van der Waals surface area contributed by atoms with Crippen LogP contribution < -0.4 is 5.73 Å². The standard InChI is InChI=1S/C5H9N3.ClH/c1-2-4-3-7-8-5(4)6;/h3H,2H2,1H3,(H3,6,7,8);1H. The number of nitrogen functional groups attached to an aromatic ring is 1. The highest BCUT2D eigenvalue weighted by atomic mass is 35.5. The van der Waals surface area contributed by atoms with Gasteiger partial charge in [0.05, 0.1) is 6.20 Å². The molecule has 0 aliphatic rings. The first kappa shape index (κ1) is 8.30. The zero-order valence-electron chi connectivity index (χ0n) is 5.22. The summed E-state index contributed by atoms with van der Waals surface area (Å²) in [6.07, 6.45) is 2.69. The predicted octanol–water partition coefficient (Wildman–Crippen LogP) is 0.976. The Morgan fingerprint density at radius 2 is 2.44 bits per heavy atom. The van der Waals surface area contributed by atoms with Crippen LogP contribution >= 0.6 is 12.4 Å². The number of nitrogens with two attached hydrogens (primary N) is 1. The van der Waals surface area contributed by atoms with Crippen molar-refractivity contribution in [1.29, 1.82) is 0 Å². The third kappa shape index (κ3) is 1.61. The van der Waals surface area contributed by atoms with Crippen molar-refractivity contribution in [3.63, 3.8) is 0 Å². The Bertz CT molecular complexity index is 172. The van der Waals surface area contributed by atoms with Gasteiger partial charge in [0.25, 0.3) is 0 Å². The molecule has 0 amide bonds. The summed E-state index contributed by atoms with van der Waals surface area (Å²) in [5, 5.41) is 6.39. The van der Waals surface area contributed by atoms with Gasteiger partial charge in [-0.25, -0.2) is 0 Å². The molecule has 0 radical (unpaired) electrons. The zero-order valence-corrected chi connectivity index (χ0v) is 6.03. The van der Waals surface area contributed by atoms with E-state index in [1.807, 2.05) is 6.92 Å². The molecule has 0 saturated carbocycles. The number of nitrogens with zero attached hydrogens (tertiary/aromatic N) is 1. The summed E-state index contributed by atoms with van der Waals surface area (Å²) in [5.41, 5.74) is 6.52. The van der Waals surface area contributed by atoms with E-state index < -0.39 is 0 Å². The minimum absolute atomic E-state index is 0. The smallest absolute Gasteiger partial charge is 0.121 e. The average molecular weight is 148 g/mol. The number of aryl methyl sites for hydroxylation is 1. The van der Waals surface area contributed by atoms with Crippen LogP contribution in [0.5, 0.6) is 0 Å². The molecule has 0 atom stereocenters. The SMILES string of the molecule is CCc1cn[nH]c1N.Cl. The first-order valence-corrected chi connectivity index (χ1v) is 2.62. The number of H-pyrrole nitrogens is 1. The number of anilines is 1. The molecule has 4 heteroatoms. The average Bonchev–Trinajstić information content (AvgIpc) is 2.14. The number of rotatable bonds is 1. The first-order chi connectivity index (χ1) is 3.84. The predicted molar refractivity (Wildman–Crippen MR) is 39.6 cm³/mol. The van der Waals surface area contributed by atoms with Gasteiger partial charge in [-0.1, -0.05) is 6.92 Å². The van der Waals surface area contributed by atoms with E-state index >= 15 is 0 Å². The van der Waals surface area contributed by atoms with Crippen molar-refractivity contribution in [2.24, 2.45) is 0 Å². The summed E-state index contributed by atoms with van der Waals surface area (Å²) in [6.45, 7) is 2.04. The van der Waals surface area contributed by atoms with Crippen LogP contribution in [0.3, 0.4) is 0 Å². The topological polar surface area (TPSA) is 54.7 Å².